The number of nitrogens with one attached hydrogen (secondary N) is 1. The third-order valence-electron chi connectivity index (χ3n) is 4.09. The Hall–Kier alpha value is -0.320. The van der Waals surface area contributed by atoms with Gasteiger partial charge in [0.25, 0.3) is 0 Å². The third kappa shape index (κ3) is 3.41. The highest BCUT2D eigenvalue weighted by Gasteiger charge is 2.35. The number of hydrogen-bond acceptors (Lipinski definition) is 3. The zero-order valence-corrected chi connectivity index (χ0v) is 13.7. The van der Waals surface area contributed by atoms with Gasteiger partial charge in [0.1, 0.15) is 5.76 Å². The van der Waals surface area contributed by atoms with E-state index in [0.29, 0.717) is 18.0 Å². The Balaban J connectivity index is 2.34. The maximum atomic E-state index is 5.80. The second-order valence-corrected chi connectivity index (χ2v) is 6.58. The quantitative estimate of drug-likeness (QED) is 0.910. The van der Waals surface area contributed by atoms with Gasteiger partial charge in [-0.2, -0.15) is 0 Å². The molecule has 1 saturated heterocycles. The van der Waals surface area contributed by atoms with Gasteiger partial charge in [-0.1, -0.05) is 6.42 Å². The molecule has 0 radical (unpaired) electrons. The van der Waals surface area contributed by atoms with Crippen molar-refractivity contribution < 1.29 is 4.42 Å². The van der Waals surface area contributed by atoms with Crippen LogP contribution in [0.2, 0.25) is 0 Å². The van der Waals surface area contributed by atoms with Crippen LogP contribution in [0.15, 0.2) is 21.2 Å². The van der Waals surface area contributed by atoms with Crippen molar-refractivity contribution in [3.8, 4) is 0 Å². The maximum absolute atomic E-state index is 5.80. The fourth-order valence-corrected chi connectivity index (χ4v) is 3.64. The molecule has 1 aliphatic heterocycles. The summed E-state index contributed by atoms with van der Waals surface area (Å²) in [6.45, 7) is 6.77. The predicted octanol–water partition coefficient (Wildman–Crippen LogP) is 3.81. The molecule has 2 rings (SSSR count). The zero-order valence-electron chi connectivity index (χ0n) is 12.2. The van der Waals surface area contributed by atoms with Crippen LogP contribution in [-0.2, 0) is 0 Å². The first-order valence-corrected chi connectivity index (χ1v) is 8.07. The average molecular weight is 329 g/mol. The molecule has 0 aromatic carbocycles. The first-order valence-electron chi connectivity index (χ1n) is 7.28. The molecule has 1 N–H and O–H groups in total. The minimum Gasteiger partial charge on any atom is -0.466 e. The summed E-state index contributed by atoms with van der Waals surface area (Å²) in [7, 11) is 2.04. The smallest absolute Gasteiger partial charge is 0.135 e. The molecule has 2 heterocycles. The van der Waals surface area contributed by atoms with Crippen LogP contribution in [0, 0.1) is 5.92 Å². The van der Waals surface area contributed by atoms with Gasteiger partial charge in [-0.15, -0.1) is 0 Å². The van der Waals surface area contributed by atoms with Gasteiger partial charge in [0.15, 0.2) is 0 Å². The molecule has 2 unspecified atom stereocenters. The fraction of sp³-hybridized carbons (Fsp3) is 0.733. The van der Waals surface area contributed by atoms with Crippen molar-refractivity contribution in [3.63, 3.8) is 0 Å². The SMILES string of the molecule is CNCC1CCCCN(C(C)C)C1c1occc1Br. The molecule has 1 aromatic rings. The summed E-state index contributed by atoms with van der Waals surface area (Å²) < 4.78 is 6.90. The van der Waals surface area contributed by atoms with Crippen molar-refractivity contribution in [2.75, 3.05) is 20.1 Å². The van der Waals surface area contributed by atoms with Gasteiger partial charge in [-0.25, -0.2) is 0 Å². The van der Waals surface area contributed by atoms with Crippen molar-refractivity contribution in [1.29, 1.82) is 0 Å². The van der Waals surface area contributed by atoms with E-state index < -0.39 is 0 Å². The van der Waals surface area contributed by atoms with Gasteiger partial charge < -0.3 is 9.73 Å². The number of halogens is 1. The Labute approximate surface area is 124 Å². The van der Waals surface area contributed by atoms with Gasteiger partial charge in [0, 0.05) is 6.04 Å². The summed E-state index contributed by atoms with van der Waals surface area (Å²) in [5, 5.41) is 3.35. The number of hydrogen-bond donors (Lipinski definition) is 1. The predicted molar refractivity (Wildman–Crippen MR) is 82.3 cm³/mol. The van der Waals surface area contributed by atoms with E-state index in [4.69, 9.17) is 4.42 Å². The molecule has 4 heteroatoms. The minimum atomic E-state index is 0.374. The van der Waals surface area contributed by atoms with E-state index in [0.717, 1.165) is 23.3 Å². The molecular weight excluding hydrogens is 304 g/mol. The van der Waals surface area contributed by atoms with Crippen LogP contribution in [0.1, 0.15) is 44.9 Å². The highest BCUT2D eigenvalue weighted by molar-refractivity contribution is 9.10. The summed E-state index contributed by atoms with van der Waals surface area (Å²) in [6, 6.07) is 2.92. The third-order valence-corrected chi connectivity index (χ3v) is 4.74. The molecule has 0 saturated carbocycles. The Kier molecular flexibility index (Phi) is 5.48. The van der Waals surface area contributed by atoms with Gasteiger partial charge in [-0.05, 0) is 74.7 Å². The summed E-state index contributed by atoms with van der Waals surface area (Å²) in [6.07, 6.45) is 5.65. The highest BCUT2D eigenvalue weighted by atomic mass is 79.9. The van der Waals surface area contributed by atoms with Crippen molar-refractivity contribution in [1.82, 2.24) is 10.2 Å². The van der Waals surface area contributed by atoms with E-state index in [1.54, 1.807) is 6.26 Å². The average Bonchev–Trinajstić information content (AvgIpc) is 2.67. The first kappa shape index (κ1) is 15.1. The Morgan fingerprint density at radius 1 is 1.47 bits per heavy atom. The summed E-state index contributed by atoms with van der Waals surface area (Å²) in [4.78, 5) is 2.60. The Morgan fingerprint density at radius 3 is 2.84 bits per heavy atom. The lowest BCUT2D eigenvalue weighted by atomic mass is 9.92. The summed E-state index contributed by atoms with van der Waals surface area (Å²) in [5.41, 5.74) is 0. The molecule has 0 bridgehead atoms. The monoisotopic (exact) mass is 328 g/mol. The molecule has 2 atom stereocenters. The fourth-order valence-electron chi connectivity index (χ4n) is 3.21. The number of rotatable bonds is 4. The van der Waals surface area contributed by atoms with Crippen LogP contribution in [0.25, 0.3) is 0 Å². The first-order chi connectivity index (χ1) is 9.15. The molecule has 3 nitrogen and oxygen atoms in total. The lowest BCUT2D eigenvalue weighted by Crippen LogP contribution is -2.40. The van der Waals surface area contributed by atoms with Crippen LogP contribution in [0.5, 0.6) is 0 Å². The largest absolute Gasteiger partial charge is 0.466 e. The molecule has 108 valence electrons. The number of likely N-dealkylation sites (tertiary alicyclic amines) is 1. The van der Waals surface area contributed by atoms with Crippen LogP contribution >= 0.6 is 15.9 Å². The van der Waals surface area contributed by atoms with Crippen molar-refractivity contribution in [2.24, 2.45) is 5.92 Å². The molecule has 0 amide bonds. The van der Waals surface area contributed by atoms with E-state index in [9.17, 15) is 0 Å². The van der Waals surface area contributed by atoms with Gasteiger partial charge in [0.2, 0.25) is 0 Å². The molecule has 0 aliphatic carbocycles. The van der Waals surface area contributed by atoms with Crippen molar-refractivity contribution in [2.45, 2.75) is 45.2 Å². The van der Waals surface area contributed by atoms with Crippen LogP contribution in [0.4, 0.5) is 0 Å². The lowest BCUT2D eigenvalue weighted by Gasteiger charge is -2.36. The van der Waals surface area contributed by atoms with Gasteiger partial charge in [0.05, 0.1) is 16.8 Å². The van der Waals surface area contributed by atoms with E-state index >= 15 is 0 Å². The molecular formula is C15H25BrN2O. The van der Waals surface area contributed by atoms with E-state index in [1.807, 2.05) is 13.1 Å². The maximum Gasteiger partial charge on any atom is 0.135 e. The minimum absolute atomic E-state index is 0.374. The van der Waals surface area contributed by atoms with Gasteiger partial charge in [-0.3, -0.25) is 4.90 Å². The van der Waals surface area contributed by atoms with Crippen LogP contribution < -0.4 is 5.32 Å². The highest BCUT2D eigenvalue weighted by Crippen LogP contribution is 2.39. The molecule has 1 aliphatic rings. The topological polar surface area (TPSA) is 28.4 Å². The zero-order chi connectivity index (χ0) is 13.8. The van der Waals surface area contributed by atoms with Crippen LogP contribution in [-0.4, -0.2) is 31.1 Å². The molecule has 1 aromatic heterocycles. The normalized spacial score (nSPS) is 25.7. The summed E-state index contributed by atoms with van der Waals surface area (Å²) >= 11 is 3.64. The second kappa shape index (κ2) is 6.91. The summed E-state index contributed by atoms with van der Waals surface area (Å²) in [5.74, 6) is 1.70. The molecule has 0 spiro atoms. The Bertz CT molecular complexity index is 391. The van der Waals surface area contributed by atoms with Gasteiger partial charge >= 0.3 is 0 Å². The second-order valence-electron chi connectivity index (χ2n) is 5.72. The van der Waals surface area contributed by atoms with E-state index in [2.05, 4.69) is 40.0 Å². The number of nitrogens with zero attached hydrogens (tertiary/aromatic N) is 1. The van der Waals surface area contributed by atoms with Crippen molar-refractivity contribution in [3.05, 3.63) is 22.6 Å². The van der Waals surface area contributed by atoms with E-state index in [-0.39, 0.29) is 0 Å². The lowest BCUT2D eigenvalue weighted by molar-refractivity contribution is 0.100. The van der Waals surface area contributed by atoms with Crippen LogP contribution in [0.3, 0.4) is 0 Å². The number of furan rings is 1. The van der Waals surface area contributed by atoms with E-state index in [1.165, 1.54) is 19.3 Å². The Morgan fingerprint density at radius 2 is 2.26 bits per heavy atom. The standard InChI is InChI=1S/C15H25BrN2O/c1-11(2)18-8-5-4-6-12(10-17-3)14(18)15-13(16)7-9-19-15/h7,9,11-12,14,17H,4-6,8,10H2,1-3H3. The molecule has 19 heavy (non-hydrogen) atoms. The molecule has 1 fully saturated rings. The van der Waals surface area contributed by atoms with Crippen molar-refractivity contribution >= 4 is 15.9 Å².